The third kappa shape index (κ3) is 10.8. The summed E-state index contributed by atoms with van der Waals surface area (Å²) in [5, 5.41) is 25.6. The predicted molar refractivity (Wildman–Crippen MR) is 62.9 cm³/mol. The van der Waals surface area contributed by atoms with Gasteiger partial charge < -0.3 is 15.3 Å². The molecule has 17 heavy (non-hydrogen) atoms. The van der Waals surface area contributed by atoms with Crippen molar-refractivity contribution >= 4 is 11.9 Å². The zero-order chi connectivity index (χ0) is 13.1. The molecule has 0 aliphatic carbocycles. The topological polar surface area (TPSA) is 94.8 Å². The molecule has 0 amide bonds. The molecule has 0 atom stereocenters. The Kier molecular flexibility index (Phi) is 8.82. The van der Waals surface area contributed by atoms with Gasteiger partial charge in [-0.25, -0.2) is 4.79 Å². The molecule has 0 radical (unpaired) electrons. The zero-order valence-electron chi connectivity index (χ0n) is 9.89. The molecule has 0 aliphatic heterocycles. The summed E-state index contributed by atoms with van der Waals surface area (Å²) in [5.41, 5.74) is 0. The van der Waals surface area contributed by atoms with Gasteiger partial charge in [0.15, 0.2) is 5.76 Å². The molecular weight excluding hydrogens is 224 g/mol. The van der Waals surface area contributed by atoms with Gasteiger partial charge in [-0.3, -0.25) is 4.79 Å². The lowest BCUT2D eigenvalue weighted by Gasteiger charge is -1.99. The molecule has 5 nitrogen and oxygen atoms in total. The zero-order valence-corrected chi connectivity index (χ0v) is 9.89. The van der Waals surface area contributed by atoms with Gasteiger partial charge in [0.25, 0.3) is 0 Å². The van der Waals surface area contributed by atoms with Crippen LogP contribution in [0.4, 0.5) is 0 Å². The fraction of sp³-hybridized carbons (Fsp3) is 0.667. The highest BCUT2D eigenvalue weighted by atomic mass is 16.4. The molecule has 0 bridgehead atoms. The molecule has 0 spiro atoms. The van der Waals surface area contributed by atoms with Crippen LogP contribution in [0.15, 0.2) is 11.8 Å². The molecule has 0 unspecified atom stereocenters. The number of aliphatic carboxylic acids is 2. The van der Waals surface area contributed by atoms with Crippen LogP contribution in [0.1, 0.15) is 51.4 Å². The molecular formula is C12H20O5. The van der Waals surface area contributed by atoms with Crippen LogP contribution in [0.5, 0.6) is 0 Å². The Morgan fingerprint density at radius 1 is 0.824 bits per heavy atom. The fourth-order valence-corrected chi connectivity index (χ4v) is 1.45. The minimum atomic E-state index is -1.29. The second-order valence-electron chi connectivity index (χ2n) is 3.95. The number of rotatable bonds is 10. The van der Waals surface area contributed by atoms with Crippen LogP contribution >= 0.6 is 0 Å². The van der Waals surface area contributed by atoms with Crippen LogP contribution < -0.4 is 0 Å². The van der Waals surface area contributed by atoms with Crippen molar-refractivity contribution in [3.05, 3.63) is 11.8 Å². The lowest BCUT2D eigenvalue weighted by molar-refractivity contribution is -0.137. The van der Waals surface area contributed by atoms with Crippen LogP contribution in [-0.4, -0.2) is 27.3 Å². The van der Waals surface area contributed by atoms with E-state index in [0.29, 0.717) is 6.42 Å². The van der Waals surface area contributed by atoms with E-state index < -0.39 is 17.7 Å². The molecule has 0 fully saturated rings. The number of allylic oxidation sites excluding steroid dienone is 1. The molecule has 0 aromatic rings. The molecule has 0 aromatic heterocycles. The van der Waals surface area contributed by atoms with E-state index in [4.69, 9.17) is 15.3 Å². The molecule has 0 saturated carbocycles. The summed E-state index contributed by atoms with van der Waals surface area (Å²) in [6.07, 6.45) is 7.57. The molecule has 98 valence electrons. The molecule has 0 saturated heterocycles. The number of carbonyl (C=O) groups is 2. The average Bonchev–Trinajstić information content (AvgIpc) is 2.25. The normalized spacial score (nSPS) is 11.4. The first-order valence-electron chi connectivity index (χ1n) is 5.88. The van der Waals surface area contributed by atoms with E-state index in [1.165, 1.54) is 6.08 Å². The first kappa shape index (κ1) is 15.5. The predicted octanol–water partition coefficient (Wildman–Crippen LogP) is 2.72. The van der Waals surface area contributed by atoms with E-state index in [2.05, 4.69) is 0 Å². The smallest absolute Gasteiger partial charge is 0.370 e. The maximum atomic E-state index is 10.2. The van der Waals surface area contributed by atoms with Crippen molar-refractivity contribution in [2.24, 2.45) is 0 Å². The van der Waals surface area contributed by atoms with Gasteiger partial charge in [-0.15, -0.1) is 0 Å². The minimum Gasteiger partial charge on any atom is -0.502 e. The summed E-state index contributed by atoms with van der Waals surface area (Å²) < 4.78 is 0. The Hall–Kier alpha value is -1.52. The van der Waals surface area contributed by atoms with Crippen LogP contribution in [0.3, 0.4) is 0 Å². The standard InChI is InChI=1S/C12H20O5/c13-10(12(16)17)8-6-4-2-1-3-5-7-9-11(14)15/h8,13H,1-7,9H2,(H,14,15)(H,16,17). The van der Waals surface area contributed by atoms with Crippen LogP contribution in [-0.2, 0) is 9.59 Å². The second kappa shape index (κ2) is 9.69. The maximum absolute atomic E-state index is 10.2. The molecule has 5 heteroatoms. The van der Waals surface area contributed by atoms with Gasteiger partial charge in [0, 0.05) is 6.42 Å². The van der Waals surface area contributed by atoms with Crippen molar-refractivity contribution in [3.63, 3.8) is 0 Å². The van der Waals surface area contributed by atoms with Crippen LogP contribution in [0.2, 0.25) is 0 Å². The average molecular weight is 244 g/mol. The van der Waals surface area contributed by atoms with Gasteiger partial charge >= 0.3 is 11.9 Å². The Morgan fingerprint density at radius 3 is 1.88 bits per heavy atom. The Balaban J connectivity index is 3.27. The van der Waals surface area contributed by atoms with Gasteiger partial charge in [-0.05, 0) is 25.3 Å². The largest absolute Gasteiger partial charge is 0.502 e. The number of carboxylic acids is 2. The summed E-state index contributed by atoms with van der Waals surface area (Å²) in [6.45, 7) is 0. The van der Waals surface area contributed by atoms with Crippen LogP contribution in [0.25, 0.3) is 0 Å². The van der Waals surface area contributed by atoms with Crippen molar-refractivity contribution in [2.75, 3.05) is 0 Å². The number of hydrogen-bond donors (Lipinski definition) is 3. The molecule has 3 N–H and O–H groups in total. The van der Waals surface area contributed by atoms with E-state index in [-0.39, 0.29) is 6.42 Å². The molecule has 0 aromatic carbocycles. The quantitative estimate of drug-likeness (QED) is 0.312. The highest BCUT2D eigenvalue weighted by molar-refractivity contribution is 5.83. The van der Waals surface area contributed by atoms with Gasteiger partial charge in [0.1, 0.15) is 0 Å². The third-order valence-electron chi connectivity index (χ3n) is 2.40. The monoisotopic (exact) mass is 244 g/mol. The first-order chi connectivity index (χ1) is 8.04. The lowest BCUT2D eigenvalue weighted by atomic mass is 10.1. The summed E-state index contributed by atoms with van der Waals surface area (Å²) in [6, 6.07) is 0. The van der Waals surface area contributed by atoms with Gasteiger partial charge in [0.2, 0.25) is 0 Å². The number of aliphatic hydroxyl groups is 1. The van der Waals surface area contributed by atoms with E-state index >= 15 is 0 Å². The summed E-state index contributed by atoms with van der Waals surface area (Å²) in [5.74, 6) is -2.63. The number of unbranched alkanes of at least 4 members (excludes halogenated alkanes) is 6. The van der Waals surface area contributed by atoms with Crippen molar-refractivity contribution in [1.29, 1.82) is 0 Å². The van der Waals surface area contributed by atoms with E-state index in [0.717, 1.165) is 38.5 Å². The Morgan fingerprint density at radius 2 is 1.35 bits per heavy atom. The van der Waals surface area contributed by atoms with Crippen molar-refractivity contribution in [3.8, 4) is 0 Å². The third-order valence-corrected chi connectivity index (χ3v) is 2.40. The highest BCUT2D eigenvalue weighted by Gasteiger charge is 2.01. The molecule has 0 aliphatic rings. The molecule has 0 rings (SSSR count). The Labute approximate surface area is 101 Å². The number of carboxylic acid groups (broad SMARTS) is 2. The van der Waals surface area contributed by atoms with E-state index in [9.17, 15) is 9.59 Å². The fourth-order valence-electron chi connectivity index (χ4n) is 1.45. The first-order valence-corrected chi connectivity index (χ1v) is 5.88. The van der Waals surface area contributed by atoms with E-state index in [1.54, 1.807) is 0 Å². The summed E-state index contributed by atoms with van der Waals surface area (Å²) in [4.78, 5) is 20.4. The maximum Gasteiger partial charge on any atom is 0.370 e. The molecule has 0 heterocycles. The second-order valence-corrected chi connectivity index (χ2v) is 3.95. The van der Waals surface area contributed by atoms with Crippen LogP contribution in [0, 0.1) is 0 Å². The lowest BCUT2D eigenvalue weighted by Crippen LogP contribution is -1.98. The van der Waals surface area contributed by atoms with Gasteiger partial charge in [0.05, 0.1) is 0 Å². The number of aliphatic hydroxyl groups excluding tert-OH is 1. The van der Waals surface area contributed by atoms with Crippen molar-refractivity contribution in [2.45, 2.75) is 51.4 Å². The SMILES string of the molecule is O=C(O)CCCCCCCCC=C(O)C(=O)O. The summed E-state index contributed by atoms with van der Waals surface area (Å²) >= 11 is 0. The van der Waals surface area contributed by atoms with Gasteiger partial charge in [-0.1, -0.05) is 25.7 Å². The number of hydrogen-bond acceptors (Lipinski definition) is 3. The van der Waals surface area contributed by atoms with E-state index in [1.807, 2.05) is 0 Å². The highest BCUT2D eigenvalue weighted by Crippen LogP contribution is 2.09. The van der Waals surface area contributed by atoms with Gasteiger partial charge in [-0.2, -0.15) is 0 Å². The van der Waals surface area contributed by atoms with Crippen molar-refractivity contribution in [1.82, 2.24) is 0 Å². The summed E-state index contributed by atoms with van der Waals surface area (Å²) in [7, 11) is 0. The van der Waals surface area contributed by atoms with Crippen molar-refractivity contribution < 1.29 is 24.9 Å². The Bertz CT molecular complexity index is 270. The minimum absolute atomic E-state index is 0.231.